The van der Waals surface area contributed by atoms with Crippen molar-refractivity contribution in [1.82, 2.24) is 14.5 Å². The second-order valence-electron chi connectivity index (χ2n) is 12.3. The van der Waals surface area contributed by atoms with Crippen LogP contribution in [-0.2, 0) is 0 Å². The Labute approximate surface area is 277 Å². The quantitative estimate of drug-likeness (QED) is 0.198. The Balaban J connectivity index is 1.33. The van der Waals surface area contributed by atoms with Crippen LogP contribution in [0.5, 0.6) is 0 Å². The van der Waals surface area contributed by atoms with Crippen LogP contribution in [0.25, 0.3) is 71.9 Å². The molecule has 48 heavy (non-hydrogen) atoms. The minimum absolute atomic E-state index is 0.882. The largest absolute Gasteiger partial charge is 0.307 e. The predicted molar refractivity (Wildman–Crippen MR) is 198 cm³/mol. The molecular weight excluding hydrogens is 585 g/mol. The Bertz CT molecular complexity index is 2600. The minimum atomic E-state index is 0.882. The molecule has 0 N–H and O–H groups in total. The molecule has 4 heterocycles. The summed E-state index contributed by atoms with van der Waals surface area (Å²) in [7, 11) is 0. The first kappa shape index (κ1) is 26.7. The molecule has 10 rings (SSSR count). The van der Waals surface area contributed by atoms with E-state index in [-0.39, 0.29) is 0 Å². The van der Waals surface area contributed by atoms with Crippen LogP contribution >= 0.6 is 0 Å². The van der Waals surface area contributed by atoms with Gasteiger partial charge in [0.1, 0.15) is 5.82 Å². The fraction of sp³-hybridized carbons (Fsp3) is 0. The average molecular weight is 613 g/mol. The zero-order valence-electron chi connectivity index (χ0n) is 26.0. The summed E-state index contributed by atoms with van der Waals surface area (Å²) in [5.74, 6) is 0.882. The van der Waals surface area contributed by atoms with E-state index in [1.165, 1.54) is 32.7 Å². The van der Waals surface area contributed by atoms with Gasteiger partial charge < -0.3 is 4.90 Å². The third-order valence-electron chi connectivity index (χ3n) is 9.57. The molecule has 1 aliphatic rings. The number of benzene rings is 6. The lowest BCUT2D eigenvalue weighted by molar-refractivity contribution is 1.08. The number of para-hydroxylation sites is 1. The predicted octanol–water partition coefficient (Wildman–Crippen LogP) is 11.5. The molecule has 3 aromatic heterocycles. The van der Waals surface area contributed by atoms with Crippen molar-refractivity contribution >= 4 is 49.6 Å². The van der Waals surface area contributed by atoms with Gasteiger partial charge in [-0.2, -0.15) is 0 Å². The lowest BCUT2D eigenvalue weighted by Gasteiger charge is -2.34. The molecule has 0 atom stereocenters. The molecule has 224 valence electrons. The number of rotatable bonds is 4. The van der Waals surface area contributed by atoms with Crippen LogP contribution in [-0.4, -0.2) is 14.5 Å². The second-order valence-corrected chi connectivity index (χ2v) is 12.3. The van der Waals surface area contributed by atoms with Gasteiger partial charge in [-0.15, -0.1) is 0 Å². The molecule has 0 saturated heterocycles. The van der Waals surface area contributed by atoms with Crippen molar-refractivity contribution in [3.8, 4) is 39.3 Å². The molecule has 0 aliphatic carbocycles. The van der Waals surface area contributed by atoms with Gasteiger partial charge in [0.25, 0.3) is 0 Å². The first-order chi connectivity index (χ1) is 23.8. The number of nitrogens with zero attached hydrogens (tertiary/aromatic N) is 4. The molecule has 0 bridgehead atoms. The molecule has 9 aromatic rings. The lowest BCUT2D eigenvalue weighted by atomic mass is 9.89. The van der Waals surface area contributed by atoms with Gasteiger partial charge in [0.05, 0.1) is 40.0 Å². The Hall–Kier alpha value is -6.52. The van der Waals surface area contributed by atoms with Gasteiger partial charge in [0.15, 0.2) is 0 Å². The highest BCUT2D eigenvalue weighted by atomic mass is 15.2. The first-order valence-electron chi connectivity index (χ1n) is 16.3. The van der Waals surface area contributed by atoms with Gasteiger partial charge in [-0.1, -0.05) is 115 Å². The summed E-state index contributed by atoms with van der Waals surface area (Å²) in [5.41, 5.74) is 12.3. The smallest absolute Gasteiger partial charge is 0.138 e. The zero-order chi connectivity index (χ0) is 31.6. The zero-order valence-corrected chi connectivity index (χ0v) is 26.0. The van der Waals surface area contributed by atoms with E-state index >= 15 is 0 Å². The summed E-state index contributed by atoms with van der Waals surface area (Å²) in [4.78, 5) is 12.3. The van der Waals surface area contributed by atoms with Gasteiger partial charge in [0.2, 0.25) is 0 Å². The fourth-order valence-corrected chi connectivity index (χ4v) is 7.53. The van der Waals surface area contributed by atoms with E-state index in [2.05, 4.69) is 160 Å². The third kappa shape index (κ3) is 3.96. The number of hydrogen-bond donors (Lipinski definition) is 0. The van der Waals surface area contributed by atoms with Gasteiger partial charge >= 0.3 is 0 Å². The normalized spacial score (nSPS) is 12.1. The number of aromatic nitrogens is 3. The molecular formula is C44H28N4. The van der Waals surface area contributed by atoms with Crippen LogP contribution in [0, 0.1) is 0 Å². The summed E-state index contributed by atoms with van der Waals surface area (Å²) >= 11 is 0. The van der Waals surface area contributed by atoms with E-state index < -0.39 is 0 Å². The highest BCUT2D eigenvalue weighted by Crippen LogP contribution is 2.54. The van der Waals surface area contributed by atoms with Crippen molar-refractivity contribution in [1.29, 1.82) is 0 Å². The molecule has 0 spiro atoms. The van der Waals surface area contributed by atoms with Gasteiger partial charge in [-0.3, -0.25) is 9.55 Å². The Morgan fingerprint density at radius 3 is 2.08 bits per heavy atom. The van der Waals surface area contributed by atoms with Crippen LogP contribution in [0.1, 0.15) is 0 Å². The van der Waals surface area contributed by atoms with E-state index in [0.29, 0.717) is 0 Å². The van der Waals surface area contributed by atoms with E-state index in [9.17, 15) is 0 Å². The van der Waals surface area contributed by atoms with Crippen molar-refractivity contribution in [3.63, 3.8) is 0 Å². The average Bonchev–Trinajstić information content (AvgIpc) is 3.51. The number of hydrogen-bond acceptors (Lipinski definition) is 3. The molecule has 4 nitrogen and oxygen atoms in total. The summed E-state index contributed by atoms with van der Waals surface area (Å²) < 4.78 is 2.34. The summed E-state index contributed by atoms with van der Waals surface area (Å²) in [6, 6.07) is 56.2. The van der Waals surface area contributed by atoms with Gasteiger partial charge in [-0.25, -0.2) is 4.98 Å². The van der Waals surface area contributed by atoms with Crippen molar-refractivity contribution in [2.24, 2.45) is 0 Å². The van der Waals surface area contributed by atoms with Crippen molar-refractivity contribution in [3.05, 3.63) is 170 Å². The van der Waals surface area contributed by atoms with E-state index in [1.807, 2.05) is 24.5 Å². The van der Waals surface area contributed by atoms with Crippen LogP contribution in [0.15, 0.2) is 170 Å². The third-order valence-corrected chi connectivity index (χ3v) is 9.57. The fourth-order valence-electron chi connectivity index (χ4n) is 7.53. The Morgan fingerprint density at radius 2 is 1.27 bits per heavy atom. The minimum Gasteiger partial charge on any atom is -0.307 e. The topological polar surface area (TPSA) is 34.0 Å². The van der Waals surface area contributed by atoms with E-state index in [1.54, 1.807) is 0 Å². The first-order valence-corrected chi connectivity index (χ1v) is 16.3. The monoisotopic (exact) mass is 612 g/mol. The molecule has 4 heteroatoms. The Kier molecular flexibility index (Phi) is 5.84. The van der Waals surface area contributed by atoms with Crippen molar-refractivity contribution < 1.29 is 0 Å². The maximum absolute atomic E-state index is 5.37. The Morgan fingerprint density at radius 1 is 0.500 bits per heavy atom. The maximum Gasteiger partial charge on any atom is 0.138 e. The second kappa shape index (κ2) is 10.5. The summed E-state index contributed by atoms with van der Waals surface area (Å²) in [6.45, 7) is 0. The van der Waals surface area contributed by atoms with Gasteiger partial charge in [-0.05, 0) is 64.5 Å². The van der Waals surface area contributed by atoms with Crippen LogP contribution in [0.3, 0.4) is 0 Å². The SMILES string of the molecule is c1ccc(-c2cc(-c3ccccc3)nc(-n3c4ccccc4c4c5c(ccc43)-c3cccc4cccc(c34)N5c3cccnc3)c2)cc1. The highest BCUT2D eigenvalue weighted by Gasteiger charge is 2.30. The molecule has 0 saturated carbocycles. The molecule has 0 amide bonds. The number of fused-ring (bicyclic) bond motifs is 6. The van der Waals surface area contributed by atoms with Crippen molar-refractivity contribution in [2.45, 2.75) is 0 Å². The number of anilines is 3. The number of pyridine rings is 2. The van der Waals surface area contributed by atoms with E-state index in [4.69, 9.17) is 4.98 Å². The molecule has 0 radical (unpaired) electrons. The standard InChI is InChI=1S/C44H28N4/c1-3-12-29(13-4-1)32-26-37(30-14-5-2-6-15-30)46-41(27-32)48-38-21-8-7-19-36(38)43-40(48)24-23-35-34-20-9-16-31-17-10-22-39(42(31)34)47(44(35)43)33-18-11-25-45-28-33/h1-28H. The van der Waals surface area contributed by atoms with Crippen LogP contribution < -0.4 is 4.90 Å². The molecule has 6 aromatic carbocycles. The van der Waals surface area contributed by atoms with E-state index in [0.717, 1.165) is 56.3 Å². The maximum atomic E-state index is 5.37. The highest BCUT2D eigenvalue weighted by molar-refractivity contribution is 6.24. The molecule has 0 unspecified atom stereocenters. The van der Waals surface area contributed by atoms with Gasteiger partial charge in [0, 0.05) is 33.5 Å². The molecule has 0 fully saturated rings. The van der Waals surface area contributed by atoms with Crippen LogP contribution in [0.2, 0.25) is 0 Å². The molecule has 1 aliphatic heterocycles. The lowest BCUT2D eigenvalue weighted by Crippen LogP contribution is -2.15. The van der Waals surface area contributed by atoms with Crippen LogP contribution in [0.4, 0.5) is 17.1 Å². The summed E-state index contributed by atoms with van der Waals surface area (Å²) in [5, 5.41) is 4.84. The summed E-state index contributed by atoms with van der Waals surface area (Å²) in [6.07, 6.45) is 3.80. The van der Waals surface area contributed by atoms with Crippen molar-refractivity contribution in [2.75, 3.05) is 4.90 Å².